The summed E-state index contributed by atoms with van der Waals surface area (Å²) in [5.74, 6) is 2.01. The number of fused-ring (bicyclic) bond motifs is 36. The maximum Gasteiger partial charge on any atom is 0.236 e. The van der Waals surface area contributed by atoms with Gasteiger partial charge in [0.05, 0.1) is 54.7 Å². The Morgan fingerprint density at radius 3 is 0.932 bits per heavy atom. The van der Waals surface area contributed by atoms with Crippen molar-refractivity contribution in [3.63, 3.8) is 0 Å². The van der Waals surface area contributed by atoms with Crippen molar-refractivity contribution >= 4 is 248 Å². The topological polar surface area (TPSA) is 105 Å². The normalized spacial score (nSPS) is 12.1. The fraction of sp³-hybridized carbons (Fsp3) is 0. The first-order valence-electron chi connectivity index (χ1n) is 44.5. The van der Waals surface area contributed by atoms with Crippen LogP contribution in [0.4, 0.5) is 0 Å². The minimum Gasteiger partial charge on any atom is -0.451 e. The second-order valence-corrected chi connectivity index (χ2v) is 36.2. The third-order valence-electron chi connectivity index (χ3n) is 27.0. The molecule has 612 valence electrons. The van der Waals surface area contributed by atoms with Gasteiger partial charge in [0.1, 0.15) is 21.6 Å². The van der Waals surface area contributed by atoms with Gasteiger partial charge < -0.3 is 4.42 Å². The molecule has 132 heavy (non-hydrogen) atoms. The fourth-order valence-corrected chi connectivity index (χ4v) is 23.6. The number of thiophene rings is 2. The van der Waals surface area contributed by atoms with E-state index in [4.69, 9.17) is 34.3 Å². The number of hydrogen-bond donors (Lipinski definition) is 0. The van der Waals surface area contributed by atoms with Crippen LogP contribution >= 0.6 is 22.7 Å². The quantitative estimate of drug-likeness (QED) is 0.163. The fourth-order valence-electron chi connectivity index (χ4n) is 21.1. The average Bonchev–Trinajstić information content (AvgIpc) is 1.56. The molecule has 10 nitrogen and oxygen atoms in total. The highest BCUT2D eigenvalue weighted by molar-refractivity contribution is 7.27. The van der Waals surface area contributed by atoms with E-state index in [1.165, 1.54) is 139 Å². The molecule has 0 spiro atoms. The van der Waals surface area contributed by atoms with Crippen molar-refractivity contribution in [1.82, 2.24) is 43.6 Å². The predicted octanol–water partition coefficient (Wildman–Crippen LogP) is 32.7. The molecule has 0 N–H and O–H groups in total. The van der Waals surface area contributed by atoms with Crippen molar-refractivity contribution in [3.8, 4) is 51.6 Å². The summed E-state index contributed by atoms with van der Waals surface area (Å²) in [6.07, 6.45) is 0. The molecule has 0 amide bonds. The van der Waals surface area contributed by atoms with Gasteiger partial charge in [-0.2, -0.15) is 0 Å². The molecule has 0 aliphatic rings. The zero-order valence-electron chi connectivity index (χ0n) is 70.6. The van der Waals surface area contributed by atoms with Gasteiger partial charge >= 0.3 is 0 Å². The van der Waals surface area contributed by atoms with E-state index in [9.17, 15) is 0 Å². The highest BCUT2D eigenvalue weighted by atomic mass is 32.1. The molecule has 12 heteroatoms. The standard InChI is InChI=1S/C40H23N3O.2C40H23N3S/c1-2-13-27(14-3-1)35-39-36(32-22-19-26-12-6-9-17-30(26)38(32)44-39)42-40(41-35)43-33-23-20-24-10-4-7-15-28(24)34(33)31-21-18-25-11-5-8-16-29(25)37(31)43;1-2-13-27(14-3-1)36-35-32-22-19-26-12-6-9-17-30(26)38(32)44-39(35)42-40(41-36)43-33-23-20-24-10-4-7-15-28(24)34(33)31-21-18-25-11-5-8-16-29(25)37(31)43;1-2-13-27(14-3-1)35-39-36(32-22-19-26-12-6-9-17-30(26)38(32)44-39)42-40(41-35)43-33-23-20-24-10-4-7-15-28(24)34(33)31-21-18-25-11-5-8-16-29(25)37(31)43/h3*1-23H. The summed E-state index contributed by atoms with van der Waals surface area (Å²) in [6.45, 7) is 0. The summed E-state index contributed by atoms with van der Waals surface area (Å²) < 4.78 is 17.2. The van der Waals surface area contributed by atoms with Gasteiger partial charge in [0.15, 0.2) is 5.58 Å². The lowest BCUT2D eigenvalue weighted by Crippen LogP contribution is -2.03. The molecule has 0 bridgehead atoms. The molecule has 0 aliphatic heterocycles. The maximum absolute atomic E-state index is 6.69. The molecule has 0 saturated heterocycles. The SMILES string of the molecule is c1ccc(-c2nc(-n3c4ccc5ccccc5c4c4ccc5ccccc5c43)nc3c2oc2c4ccccc4ccc32)cc1.c1ccc(-c2nc(-n3c4ccc5ccccc5c4c4ccc5ccccc5c43)nc3c2sc2c4ccccc4ccc32)cc1.c1ccc(-c2nc(-n3c4ccc5ccccc5c4c4ccc5ccccc5c43)nc3sc4c5ccccc5ccc4c23)cc1. The Hall–Kier alpha value is -17.2. The van der Waals surface area contributed by atoms with Crippen molar-refractivity contribution in [2.24, 2.45) is 0 Å². The summed E-state index contributed by atoms with van der Waals surface area (Å²) in [4.78, 5) is 33.4. The van der Waals surface area contributed by atoms with Crippen LogP contribution in [0.2, 0.25) is 0 Å². The number of aromatic nitrogens is 9. The predicted molar refractivity (Wildman–Crippen MR) is 556 cm³/mol. The first-order valence-corrected chi connectivity index (χ1v) is 46.2. The van der Waals surface area contributed by atoms with E-state index >= 15 is 0 Å². The van der Waals surface area contributed by atoms with Crippen LogP contribution < -0.4 is 0 Å². The Bertz CT molecular complexity index is 9710. The summed E-state index contributed by atoms with van der Waals surface area (Å²) in [5.41, 5.74) is 15.9. The molecule has 30 rings (SSSR count). The van der Waals surface area contributed by atoms with Crippen LogP contribution in [0.25, 0.3) is 277 Å². The van der Waals surface area contributed by atoms with Gasteiger partial charge in [-0.25, -0.2) is 29.9 Å². The third kappa shape index (κ3) is 11.2. The van der Waals surface area contributed by atoms with Gasteiger partial charge in [-0.3, -0.25) is 13.7 Å². The Labute approximate surface area is 760 Å². The minimum absolute atomic E-state index is 0.624. The molecule has 0 atom stereocenters. The first-order chi connectivity index (χ1) is 65.5. The Morgan fingerprint density at radius 1 is 0.182 bits per heavy atom. The molecule has 0 saturated carbocycles. The van der Waals surface area contributed by atoms with Crippen molar-refractivity contribution < 1.29 is 4.42 Å². The van der Waals surface area contributed by atoms with Crippen LogP contribution in [0.1, 0.15) is 0 Å². The van der Waals surface area contributed by atoms with Gasteiger partial charge in [-0.1, -0.05) is 394 Å². The van der Waals surface area contributed by atoms with Gasteiger partial charge in [0.2, 0.25) is 17.8 Å². The molecule has 9 aromatic heterocycles. The lowest BCUT2D eigenvalue weighted by atomic mass is 10.0. The lowest BCUT2D eigenvalue weighted by molar-refractivity contribution is 0.670. The monoisotopic (exact) mass is 1720 g/mol. The van der Waals surface area contributed by atoms with E-state index in [1.54, 1.807) is 22.7 Å². The largest absolute Gasteiger partial charge is 0.451 e. The van der Waals surface area contributed by atoms with Crippen LogP contribution in [0.15, 0.2) is 423 Å². The summed E-state index contributed by atoms with van der Waals surface area (Å²) in [7, 11) is 0. The smallest absolute Gasteiger partial charge is 0.236 e. The van der Waals surface area contributed by atoms with Crippen LogP contribution in [0, 0.1) is 0 Å². The zero-order chi connectivity index (χ0) is 86.3. The van der Waals surface area contributed by atoms with Crippen molar-refractivity contribution in [3.05, 3.63) is 419 Å². The van der Waals surface area contributed by atoms with E-state index in [0.29, 0.717) is 23.4 Å². The number of nitrogens with zero attached hydrogens (tertiary/aromatic N) is 9. The number of hydrogen-bond acceptors (Lipinski definition) is 9. The second kappa shape index (κ2) is 29.2. The lowest BCUT2D eigenvalue weighted by Gasteiger charge is -2.11. The molecule has 9 heterocycles. The van der Waals surface area contributed by atoms with Gasteiger partial charge in [0.25, 0.3) is 0 Å². The Kier molecular flexibility index (Phi) is 16.4. The van der Waals surface area contributed by atoms with Gasteiger partial charge in [0, 0.05) is 101 Å². The van der Waals surface area contributed by atoms with Crippen LogP contribution in [-0.4, -0.2) is 43.6 Å². The summed E-state index contributed by atoms with van der Waals surface area (Å²) >= 11 is 3.56. The van der Waals surface area contributed by atoms with Crippen molar-refractivity contribution in [1.29, 1.82) is 0 Å². The highest BCUT2D eigenvalue weighted by Gasteiger charge is 2.29. The number of rotatable bonds is 6. The van der Waals surface area contributed by atoms with Crippen LogP contribution in [-0.2, 0) is 0 Å². The van der Waals surface area contributed by atoms with E-state index in [0.717, 1.165) is 115 Å². The molecule has 0 unspecified atom stereocenters. The van der Waals surface area contributed by atoms with E-state index in [-0.39, 0.29) is 0 Å². The molecular weight excluding hydrogens is 1650 g/mol. The Morgan fingerprint density at radius 2 is 0.485 bits per heavy atom. The number of furan rings is 1. The van der Waals surface area contributed by atoms with Gasteiger partial charge in [-0.15, -0.1) is 22.7 Å². The van der Waals surface area contributed by atoms with E-state index in [1.807, 2.05) is 18.2 Å². The molecular formula is C120H69N9OS2. The van der Waals surface area contributed by atoms with Crippen molar-refractivity contribution in [2.45, 2.75) is 0 Å². The summed E-state index contributed by atoms with van der Waals surface area (Å²) in [6, 6.07) is 149. The van der Waals surface area contributed by atoms with Crippen molar-refractivity contribution in [2.75, 3.05) is 0 Å². The molecule has 0 radical (unpaired) electrons. The first kappa shape index (κ1) is 74.0. The van der Waals surface area contributed by atoms with Gasteiger partial charge in [-0.05, 0) is 99.7 Å². The van der Waals surface area contributed by atoms with E-state index in [2.05, 4.69) is 414 Å². The van der Waals surface area contributed by atoms with Crippen LogP contribution in [0.5, 0.6) is 0 Å². The minimum atomic E-state index is 0.624. The molecule has 21 aromatic carbocycles. The molecule has 0 aliphatic carbocycles. The van der Waals surface area contributed by atoms with Crippen LogP contribution in [0.3, 0.4) is 0 Å². The molecule has 0 fully saturated rings. The average molecular weight is 1720 g/mol. The maximum atomic E-state index is 6.69. The van der Waals surface area contributed by atoms with E-state index < -0.39 is 0 Å². The summed E-state index contributed by atoms with van der Waals surface area (Å²) in [5, 5.41) is 33.4. The molecule has 30 aromatic rings. The zero-order valence-corrected chi connectivity index (χ0v) is 72.2. The second-order valence-electron chi connectivity index (χ2n) is 34.1. The Balaban J connectivity index is 0.0000000991. The highest BCUT2D eigenvalue weighted by Crippen LogP contribution is 2.50. The number of benzene rings is 21. The third-order valence-corrected chi connectivity index (χ3v) is 29.3.